The number of carbonyl (C=O) groups excluding carboxylic acids is 2. The van der Waals surface area contributed by atoms with E-state index in [1.165, 1.54) is 22.0 Å². The van der Waals surface area contributed by atoms with E-state index in [4.69, 9.17) is 9.84 Å². The summed E-state index contributed by atoms with van der Waals surface area (Å²) in [7, 11) is 0. The lowest BCUT2D eigenvalue weighted by molar-refractivity contribution is -0.133. The SMILES string of the molecule is Cc1ccc(C2CC(c3cccs3)=NN2C(=O)CN(CCN2CCOCC2)C(=O)c2ccccc2F)cc1. The van der Waals surface area contributed by atoms with E-state index in [1.807, 2.05) is 48.7 Å². The zero-order chi connectivity index (χ0) is 26.5. The van der Waals surface area contributed by atoms with Gasteiger partial charge in [-0.2, -0.15) is 5.10 Å². The highest BCUT2D eigenvalue weighted by molar-refractivity contribution is 7.12. The molecule has 3 aromatic rings. The average molecular weight is 535 g/mol. The highest BCUT2D eigenvalue weighted by Gasteiger charge is 2.35. The van der Waals surface area contributed by atoms with E-state index in [2.05, 4.69) is 4.90 Å². The van der Waals surface area contributed by atoms with Crippen LogP contribution in [0.5, 0.6) is 0 Å². The normalized spacial score (nSPS) is 17.9. The molecule has 0 bridgehead atoms. The fourth-order valence-electron chi connectivity index (χ4n) is 4.76. The van der Waals surface area contributed by atoms with Gasteiger partial charge in [0.1, 0.15) is 12.4 Å². The number of aryl methyl sites for hydroxylation is 1. The van der Waals surface area contributed by atoms with Gasteiger partial charge >= 0.3 is 0 Å². The van der Waals surface area contributed by atoms with Crippen LogP contribution in [-0.4, -0.2) is 78.3 Å². The van der Waals surface area contributed by atoms with Crippen LogP contribution in [0.4, 0.5) is 4.39 Å². The smallest absolute Gasteiger partial charge is 0.262 e. The number of hydrogen-bond donors (Lipinski definition) is 0. The van der Waals surface area contributed by atoms with Crippen LogP contribution in [0.25, 0.3) is 0 Å². The standard InChI is InChI=1S/C29H31FN4O3S/c1-21-8-10-22(11-9-21)26-19-25(27-7-4-18-38-27)31-34(26)28(35)20-33(13-12-32-14-16-37-17-15-32)29(36)23-5-2-3-6-24(23)30/h2-11,18,26H,12-17,19-20H2,1H3. The Labute approximate surface area is 226 Å². The second-order valence-electron chi connectivity index (χ2n) is 9.55. The van der Waals surface area contributed by atoms with E-state index >= 15 is 0 Å². The zero-order valence-corrected chi connectivity index (χ0v) is 22.2. The van der Waals surface area contributed by atoms with Gasteiger partial charge in [-0.25, -0.2) is 9.40 Å². The molecule has 1 saturated heterocycles. The maximum atomic E-state index is 14.6. The van der Waals surface area contributed by atoms with Crippen LogP contribution in [0, 0.1) is 12.7 Å². The molecular weight excluding hydrogens is 503 g/mol. The molecule has 1 aromatic heterocycles. The number of ether oxygens (including phenoxy) is 1. The molecule has 2 aliphatic heterocycles. The summed E-state index contributed by atoms with van der Waals surface area (Å²) in [4.78, 5) is 31.9. The second-order valence-corrected chi connectivity index (χ2v) is 10.5. The largest absolute Gasteiger partial charge is 0.379 e. The monoisotopic (exact) mass is 534 g/mol. The third kappa shape index (κ3) is 6.01. The summed E-state index contributed by atoms with van der Waals surface area (Å²) in [5.74, 6) is -1.40. The van der Waals surface area contributed by atoms with E-state index in [-0.39, 0.29) is 24.1 Å². The fourth-order valence-corrected chi connectivity index (χ4v) is 5.48. The summed E-state index contributed by atoms with van der Waals surface area (Å²) in [5, 5.41) is 8.23. The van der Waals surface area contributed by atoms with Gasteiger partial charge in [-0.3, -0.25) is 14.5 Å². The van der Waals surface area contributed by atoms with E-state index in [0.29, 0.717) is 32.7 Å². The van der Waals surface area contributed by atoms with Crippen molar-refractivity contribution >= 4 is 28.9 Å². The molecule has 0 N–H and O–H groups in total. The summed E-state index contributed by atoms with van der Waals surface area (Å²) >= 11 is 1.58. The first-order valence-corrected chi connectivity index (χ1v) is 13.7. The first-order valence-electron chi connectivity index (χ1n) is 12.8. The van der Waals surface area contributed by atoms with Crippen molar-refractivity contribution < 1.29 is 18.7 Å². The summed E-state index contributed by atoms with van der Waals surface area (Å²) in [5.41, 5.74) is 2.93. The lowest BCUT2D eigenvalue weighted by Crippen LogP contribution is -2.46. The van der Waals surface area contributed by atoms with Gasteiger partial charge in [0.2, 0.25) is 0 Å². The molecule has 3 heterocycles. The topological polar surface area (TPSA) is 65.5 Å². The molecule has 5 rings (SSSR count). The van der Waals surface area contributed by atoms with E-state index in [1.54, 1.807) is 23.5 Å². The molecule has 2 aliphatic rings. The Kier molecular flexibility index (Phi) is 8.26. The molecular formula is C29H31FN4O3S. The summed E-state index contributed by atoms with van der Waals surface area (Å²) in [6.45, 7) is 5.47. The van der Waals surface area contributed by atoms with Gasteiger partial charge in [0.25, 0.3) is 11.8 Å². The van der Waals surface area contributed by atoms with Crippen molar-refractivity contribution in [3.8, 4) is 0 Å². The summed E-state index contributed by atoms with van der Waals surface area (Å²) in [6, 6.07) is 17.7. The molecule has 1 fully saturated rings. The van der Waals surface area contributed by atoms with Crippen LogP contribution in [0.15, 0.2) is 71.1 Å². The number of nitrogens with zero attached hydrogens (tertiary/aromatic N) is 4. The van der Waals surface area contributed by atoms with Gasteiger partial charge in [0.15, 0.2) is 0 Å². The minimum Gasteiger partial charge on any atom is -0.379 e. The molecule has 2 amide bonds. The number of thiophene rings is 1. The molecule has 1 unspecified atom stereocenters. The number of rotatable bonds is 8. The van der Waals surface area contributed by atoms with Crippen molar-refractivity contribution in [2.24, 2.45) is 5.10 Å². The van der Waals surface area contributed by atoms with Gasteiger partial charge in [-0.15, -0.1) is 11.3 Å². The van der Waals surface area contributed by atoms with Gasteiger partial charge in [-0.05, 0) is 36.1 Å². The Hall–Kier alpha value is -3.40. The number of morpholine rings is 1. The zero-order valence-electron chi connectivity index (χ0n) is 21.4. The highest BCUT2D eigenvalue weighted by atomic mass is 32.1. The van der Waals surface area contributed by atoms with Gasteiger partial charge in [0.05, 0.1) is 35.4 Å². The van der Waals surface area contributed by atoms with E-state index in [9.17, 15) is 14.0 Å². The van der Waals surface area contributed by atoms with Crippen molar-refractivity contribution in [2.45, 2.75) is 19.4 Å². The number of benzene rings is 2. The fraction of sp³-hybridized carbons (Fsp3) is 0.345. The maximum absolute atomic E-state index is 14.6. The average Bonchev–Trinajstić information content (AvgIpc) is 3.63. The molecule has 38 heavy (non-hydrogen) atoms. The van der Waals surface area contributed by atoms with Crippen LogP contribution >= 0.6 is 11.3 Å². The Morgan fingerprint density at radius 3 is 2.55 bits per heavy atom. The maximum Gasteiger partial charge on any atom is 0.262 e. The van der Waals surface area contributed by atoms with Crippen molar-refractivity contribution in [1.82, 2.24) is 14.8 Å². The van der Waals surface area contributed by atoms with Crippen molar-refractivity contribution in [3.63, 3.8) is 0 Å². The van der Waals surface area contributed by atoms with Crippen LogP contribution in [0.1, 0.15) is 38.8 Å². The van der Waals surface area contributed by atoms with Crippen LogP contribution in [0.2, 0.25) is 0 Å². The van der Waals surface area contributed by atoms with Crippen molar-refractivity contribution in [3.05, 3.63) is 93.4 Å². The molecule has 7 nitrogen and oxygen atoms in total. The van der Waals surface area contributed by atoms with Gasteiger partial charge in [0, 0.05) is 32.6 Å². The highest BCUT2D eigenvalue weighted by Crippen LogP contribution is 2.34. The number of carbonyl (C=O) groups is 2. The number of hydrazone groups is 1. The first-order chi connectivity index (χ1) is 18.5. The minimum absolute atomic E-state index is 0.0402. The van der Waals surface area contributed by atoms with Crippen LogP contribution < -0.4 is 0 Å². The molecule has 198 valence electrons. The van der Waals surface area contributed by atoms with Crippen molar-refractivity contribution in [1.29, 1.82) is 0 Å². The predicted octanol–water partition coefficient (Wildman–Crippen LogP) is 4.35. The first kappa shape index (κ1) is 26.2. The quantitative estimate of drug-likeness (QED) is 0.431. The molecule has 0 saturated carbocycles. The van der Waals surface area contributed by atoms with Crippen molar-refractivity contribution in [2.75, 3.05) is 45.9 Å². The molecule has 1 atom stereocenters. The number of halogens is 1. The Morgan fingerprint density at radius 2 is 1.84 bits per heavy atom. The number of hydrogen-bond acceptors (Lipinski definition) is 6. The van der Waals surface area contributed by atoms with E-state index < -0.39 is 11.7 Å². The Balaban J connectivity index is 1.40. The summed E-state index contributed by atoms with van der Waals surface area (Å²) < 4.78 is 20.0. The molecule has 0 spiro atoms. The molecule has 2 aromatic carbocycles. The number of amides is 2. The minimum atomic E-state index is -0.599. The predicted molar refractivity (Wildman–Crippen MR) is 146 cm³/mol. The third-order valence-corrected chi connectivity index (χ3v) is 7.86. The van der Waals surface area contributed by atoms with E-state index in [0.717, 1.165) is 34.8 Å². The van der Waals surface area contributed by atoms with Crippen LogP contribution in [-0.2, 0) is 9.53 Å². The molecule has 0 aliphatic carbocycles. The third-order valence-electron chi connectivity index (χ3n) is 6.94. The Bertz CT molecular complexity index is 1290. The Morgan fingerprint density at radius 1 is 1.08 bits per heavy atom. The lowest BCUT2D eigenvalue weighted by Gasteiger charge is -2.31. The van der Waals surface area contributed by atoms with Gasteiger partial charge in [-0.1, -0.05) is 48.0 Å². The summed E-state index contributed by atoms with van der Waals surface area (Å²) in [6.07, 6.45) is 0.588. The lowest BCUT2D eigenvalue weighted by atomic mass is 10.00. The molecule has 9 heteroatoms. The molecule has 0 radical (unpaired) electrons. The second kappa shape index (κ2) is 12.0. The van der Waals surface area contributed by atoms with Gasteiger partial charge < -0.3 is 9.64 Å². The van der Waals surface area contributed by atoms with Crippen LogP contribution in [0.3, 0.4) is 0 Å².